The molecule has 114 valence electrons. The lowest BCUT2D eigenvalue weighted by molar-refractivity contribution is 0.270. The Bertz CT molecular complexity index is 542. The molecule has 0 aliphatic carbocycles. The van der Waals surface area contributed by atoms with Crippen molar-refractivity contribution in [3.63, 3.8) is 0 Å². The maximum Gasteiger partial charge on any atom is 0.260 e. The molecule has 1 aromatic rings. The van der Waals surface area contributed by atoms with Gasteiger partial charge in [0.1, 0.15) is 0 Å². The number of sulfonamides is 1. The van der Waals surface area contributed by atoms with Gasteiger partial charge in [-0.3, -0.25) is 5.10 Å². The van der Waals surface area contributed by atoms with Gasteiger partial charge >= 0.3 is 0 Å². The average molecular weight is 301 g/mol. The first-order valence-electron chi connectivity index (χ1n) is 6.80. The number of likely N-dealkylation sites (tertiary alicyclic amines) is 1. The average Bonchev–Trinajstić information content (AvgIpc) is 3.00. The lowest BCUT2D eigenvalue weighted by Gasteiger charge is -2.25. The Morgan fingerprint density at radius 3 is 2.95 bits per heavy atom. The second kappa shape index (κ2) is 6.21. The summed E-state index contributed by atoms with van der Waals surface area (Å²) in [6.45, 7) is 2.02. The molecule has 2 N–H and O–H groups in total. The molecule has 0 saturated carbocycles. The topological polar surface area (TPSA) is 81.3 Å². The van der Waals surface area contributed by atoms with Crippen molar-refractivity contribution in [2.75, 3.05) is 34.2 Å². The summed E-state index contributed by atoms with van der Waals surface area (Å²) in [6, 6.07) is 0.297. The van der Waals surface area contributed by atoms with Crippen LogP contribution in [0.25, 0.3) is 0 Å². The normalized spacial score (nSPS) is 20.9. The summed E-state index contributed by atoms with van der Waals surface area (Å²) in [7, 11) is 1.94. The van der Waals surface area contributed by atoms with Crippen molar-refractivity contribution in [2.45, 2.75) is 30.5 Å². The standard InChI is InChI=1S/C12H23N5O2S/c1-13-7-10-8-14-15-12(10)20(18,19)17(3)9-11-5-4-6-16(11)2/h8,11,13H,4-7,9H2,1-3H3,(H,14,15). The summed E-state index contributed by atoms with van der Waals surface area (Å²) < 4.78 is 26.6. The van der Waals surface area contributed by atoms with Crippen LogP contribution >= 0.6 is 0 Å². The molecule has 20 heavy (non-hydrogen) atoms. The summed E-state index contributed by atoms with van der Waals surface area (Å²) >= 11 is 0. The van der Waals surface area contributed by atoms with Crippen LogP contribution in [0.2, 0.25) is 0 Å². The molecule has 2 rings (SSSR count). The van der Waals surface area contributed by atoms with E-state index in [0.29, 0.717) is 24.7 Å². The zero-order valence-electron chi connectivity index (χ0n) is 12.3. The first-order valence-corrected chi connectivity index (χ1v) is 8.24. The van der Waals surface area contributed by atoms with Gasteiger partial charge in [-0.15, -0.1) is 0 Å². The Morgan fingerprint density at radius 1 is 1.60 bits per heavy atom. The minimum Gasteiger partial charge on any atom is -0.316 e. The summed E-state index contributed by atoms with van der Waals surface area (Å²) in [5.41, 5.74) is 0.666. The molecule has 0 aromatic carbocycles. The molecule has 1 aliphatic rings. The number of H-pyrrole nitrogens is 1. The van der Waals surface area contributed by atoms with E-state index in [1.54, 1.807) is 20.3 Å². The van der Waals surface area contributed by atoms with E-state index in [1.165, 1.54) is 4.31 Å². The zero-order valence-corrected chi connectivity index (χ0v) is 13.1. The zero-order chi connectivity index (χ0) is 14.8. The van der Waals surface area contributed by atoms with E-state index >= 15 is 0 Å². The predicted octanol–water partition coefficient (Wildman–Crippen LogP) is -0.156. The van der Waals surface area contributed by atoms with E-state index in [-0.39, 0.29) is 5.03 Å². The fraction of sp³-hybridized carbons (Fsp3) is 0.750. The Balaban J connectivity index is 2.14. The molecule has 8 heteroatoms. The molecule has 1 aromatic heterocycles. The molecule has 1 saturated heterocycles. The van der Waals surface area contributed by atoms with Crippen molar-refractivity contribution in [3.05, 3.63) is 11.8 Å². The van der Waals surface area contributed by atoms with Crippen LogP contribution in [0.15, 0.2) is 11.2 Å². The molecule has 0 spiro atoms. The molecule has 7 nitrogen and oxygen atoms in total. The molecule has 1 aliphatic heterocycles. The van der Waals surface area contributed by atoms with Crippen LogP contribution in [0.4, 0.5) is 0 Å². The fourth-order valence-electron chi connectivity index (χ4n) is 2.60. The van der Waals surface area contributed by atoms with Crippen LogP contribution in [-0.2, 0) is 16.6 Å². The van der Waals surface area contributed by atoms with Gasteiger partial charge in [-0.05, 0) is 33.5 Å². The van der Waals surface area contributed by atoms with Gasteiger partial charge in [-0.1, -0.05) is 0 Å². The minimum absolute atomic E-state index is 0.190. The van der Waals surface area contributed by atoms with Gasteiger partial charge in [0.05, 0.1) is 6.20 Å². The molecule has 1 unspecified atom stereocenters. The minimum atomic E-state index is -3.51. The fourth-order valence-corrected chi connectivity index (χ4v) is 3.90. The quantitative estimate of drug-likeness (QED) is 0.763. The number of nitrogens with zero attached hydrogens (tertiary/aromatic N) is 3. The summed E-state index contributed by atoms with van der Waals surface area (Å²) in [4.78, 5) is 2.22. The van der Waals surface area contributed by atoms with E-state index in [2.05, 4.69) is 20.4 Å². The number of aromatic nitrogens is 2. The number of hydrogen-bond donors (Lipinski definition) is 2. The van der Waals surface area contributed by atoms with E-state index in [4.69, 9.17) is 0 Å². The lowest BCUT2D eigenvalue weighted by Crippen LogP contribution is -2.39. The molecule has 1 atom stereocenters. The van der Waals surface area contributed by atoms with Gasteiger partial charge in [0.2, 0.25) is 0 Å². The SMILES string of the molecule is CNCc1cn[nH]c1S(=O)(=O)N(C)CC1CCCN1C. The smallest absolute Gasteiger partial charge is 0.260 e. The second-order valence-corrected chi connectivity index (χ2v) is 7.30. The van der Waals surface area contributed by atoms with Gasteiger partial charge < -0.3 is 10.2 Å². The third kappa shape index (κ3) is 3.03. The molecule has 0 bridgehead atoms. The molecular formula is C12H23N5O2S. The third-order valence-corrected chi connectivity index (χ3v) is 5.69. The molecule has 0 amide bonds. The highest BCUT2D eigenvalue weighted by Crippen LogP contribution is 2.20. The van der Waals surface area contributed by atoms with E-state index < -0.39 is 10.0 Å². The third-order valence-electron chi connectivity index (χ3n) is 3.85. The maximum absolute atomic E-state index is 12.6. The van der Waals surface area contributed by atoms with Crippen molar-refractivity contribution in [1.29, 1.82) is 0 Å². The van der Waals surface area contributed by atoms with Gasteiger partial charge in [0.15, 0.2) is 5.03 Å². The van der Waals surface area contributed by atoms with Crippen molar-refractivity contribution in [1.82, 2.24) is 24.7 Å². The maximum atomic E-state index is 12.6. The van der Waals surface area contributed by atoms with Crippen LogP contribution in [-0.4, -0.2) is 68.1 Å². The lowest BCUT2D eigenvalue weighted by atomic mass is 10.2. The molecule has 0 radical (unpaired) electrons. The van der Waals surface area contributed by atoms with Gasteiger partial charge in [-0.25, -0.2) is 8.42 Å². The van der Waals surface area contributed by atoms with Crippen molar-refractivity contribution in [3.8, 4) is 0 Å². The van der Waals surface area contributed by atoms with E-state index in [0.717, 1.165) is 19.4 Å². The van der Waals surface area contributed by atoms with Crippen molar-refractivity contribution in [2.24, 2.45) is 0 Å². The van der Waals surface area contributed by atoms with Gasteiger partial charge in [-0.2, -0.15) is 9.40 Å². The van der Waals surface area contributed by atoms with E-state index in [1.807, 2.05) is 7.05 Å². The second-order valence-electron chi connectivity index (χ2n) is 5.32. The van der Waals surface area contributed by atoms with Crippen LogP contribution < -0.4 is 5.32 Å². The Morgan fingerprint density at radius 2 is 2.35 bits per heavy atom. The van der Waals surface area contributed by atoms with Crippen LogP contribution in [0.3, 0.4) is 0 Å². The summed E-state index contributed by atoms with van der Waals surface area (Å²) in [6.07, 6.45) is 3.73. The van der Waals surface area contributed by atoms with Gasteiger partial charge in [0.25, 0.3) is 10.0 Å². The Hall–Kier alpha value is -0.960. The molecule has 1 fully saturated rings. The Kier molecular flexibility index (Phi) is 4.79. The molecular weight excluding hydrogens is 278 g/mol. The number of nitrogens with one attached hydrogen (secondary N) is 2. The largest absolute Gasteiger partial charge is 0.316 e. The van der Waals surface area contributed by atoms with E-state index in [9.17, 15) is 8.42 Å². The monoisotopic (exact) mass is 301 g/mol. The highest BCUT2D eigenvalue weighted by atomic mass is 32.2. The number of likely N-dealkylation sites (N-methyl/N-ethyl adjacent to an activating group) is 2. The summed E-state index contributed by atoms with van der Waals surface area (Å²) in [5, 5.41) is 9.61. The number of aromatic amines is 1. The van der Waals surface area contributed by atoms with Crippen molar-refractivity contribution >= 4 is 10.0 Å². The number of rotatable bonds is 6. The van der Waals surface area contributed by atoms with Crippen molar-refractivity contribution < 1.29 is 8.42 Å². The highest BCUT2D eigenvalue weighted by molar-refractivity contribution is 7.89. The summed E-state index contributed by atoms with van der Waals surface area (Å²) in [5.74, 6) is 0. The predicted molar refractivity (Wildman–Crippen MR) is 76.8 cm³/mol. The first-order chi connectivity index (χ1) is 9.46. The van der Waals surface area contributed by atoms with Crippen LogP contribution in [0, 0.1) is 0 Å². The highest BCUT2D eigenvalue weighted by Gasteiger charge is 2.30. The van der Waals surface area contributed by atoms with Crippen LogP contribution in [0.5, 0.6) is 0 Å². The van der Waals surface area contributed by atoms with Gasteiger partial charge in [0, 0.05) is 31.7 Å². The van der Waals surface area contributed by atoms with Crippen LogP contribution in [0.1, 0.15) is 18.4 Å². The first kappa shape index (κ1) is 15.4. The number of hydrogen-bond acceptors (Lipinski definition) is 5. The molecule has 2 heterocycles. The Labute approximate surface area is 120 Å².